The van der Waals surface area contributed by atoms with Gasteiger partial charge in [0.25, 0.3) is 5.09 Å². The van der Waals surface area contributed by atoms with E-state index in [0.29, 0.717) is 11.1 Å². The second kappa shape index (κ2) is 11.4. The zero-order valence-electron chi connectivity index (χ0n) is 19.0. The number of nitrogens with zero attached hydrogens (tertiary/aromatic N) is 2. The number of hydrogen-bond acceptors (Lipinski definition) is 9. The normalized spacial score (nSPS) is 11.6. The van der Waals surface area contributed by atoms with Crippen LogP contribution in [0.2, 0.25) is 0 Å². The molecule has 2 aromatic carbocycles. The van der Waals surface area contributed by atoms with E-state index in [1.165, 1.54) is 23.5 Å². The van der Waals surface area contributed by atoms with E-state index >= 15 is 0 Å². The number of amides is 1. The third-order valence-electron chi connectivity index (χ3n) is 5.40. The Bertz CT molecular complexity index is 1340. The van der Waals surface area contributed by atoms with Gasteiger partial charge in [-0.05, 0) is 46.3 Å². The lowest BCUT2D eigenvalue weighted by atomic mass is 9.97. The van der Waals surface area contributed by atoms with Gasteiger partial charge in [-0.3, -0.25) is 9.78 Å². The molecule has 0 spiro atoms. The Balaban J connectivity index is 1.32. The molecule has 11 heteroatoms. The van der Waals surface area contributed by atoms with E-state index in [1.54, 1.807) is 48.8 Å². The maximum Gasteiger partial charge on any atom is 0.338 e. The summed E-state index contributed by atoms with van der Waals surface area (Å²) in [4.78, 5) is 43.8. The monoisotopic (exact) mass is 506 g/mol. The summed E-state index contributed by atoms with van der Waals surface area (Å²) in [5, 5.41) is 14.1. The van der Waals surface area contributed by atoms with E-state index in [9.17, 15) is 19.7 Å². The van der Waals surface area contributed by atoms with Crippen LogP contribution in [0.4, 0.5) is 5.00 Å². The third kappa shape index (κ3) is 6.20. The molecule has 0 radical (unpaired) electrons. The van der Waals surface area contributed by atoms with Gasteiger partial charge in [-0.25, -0.2) is 4.79 Å². The first-order valence-corrected chi connectivity index (χ1v) is 11.7. The zero-order chi connectivity index (χ0) is 25.5. The summed E-state index contributed by atoms with van der Waals surface area (Å²) in [7, 11) is 0. The maximum absolute atomic E-state index is 12.9. The van der Waals surface area contributed by atoms with Gasteiger partial charge < -0.3 is 20.6 Å². The van der Waals surface area contributed by atoms with Crippen LogP contribution in [0.25, 0.3) is 10.1 Å². The van der Waals surface area contributed by atoms with E-state index in [2.05, 4.69) is 15.1 Å². The molecule has 2 heterocycles. The van der Waals surface area contributed by atoms with Crippen molar-refractivity contribution in [2.45, 2.75) is 19.1 Å². The smallest absolute Gasteiger partial charge is 0.338 e. The molecule has 0 saturated carbocycles. The van der Waals surface area contributed by atoms with E-state index in [-0.39, 0.29) is 25.7 Å². The highest BCUT2D eigenvalue weighted by atomic mass is 32.1. The number of fused-ring (bicyclic) bond motifs is 1. The lowest BCUT2D eigenvalue weighted by Gasteiger charge is -2.15. The summed E-state index contributed by atoms with van der Waals surface area (Å²) in [5.74, 6) is -1.27. The molecule has 1 amide bonds. The number of carbonyl (C=O) groups excluding carboxylic acids is 2. The summed E-state index contributed by atoms with van der Waals surface area (Å²) in [5.41, 5.74) is 8.27. The second-order valence-corrected chi connectivity index (χ2v) is 8.90. The number of ether oxygens (including phenoxy) is 1. The fourth-order valence-electron chi connectivity index (χ4n) is 3.49. The number of benzene rings is 2. The van der Waals surface area contributed by atoms with Gasteiger partial charge in [-0.15, -0.1) is 21.5 Å². The van der Waals surface area contributed by atoms with Crippen molar-refractivity contribution in [1.82, 2.24) is 4.98 Å². The molecule has 4 rings (SSSR count). The topological polar surface area (TPSA) is 147 Å². The van der Waals surface area contributed by atoms with Gasteiger partial charge in [0, 0.05) is 18.9 Å². The largest absolute Gasteiger partial charge is 0.457 e. The van der Waals surface area contributed by atoms with Gasteiger partial charge in [0.2, 0.25) is 5.91 Å². The summed E-state index contributed by atoms with van der Waals surface area (Å²) in [6.45, 7) is -0.0199. The number of thiophene rings is 1. The summed E-state index contributed by atoms with van der Waals surface area (Å²) in [6, 6.07) is 17.1. The Kier molecular flexibility index (Phi) is 7.83. The van der Waals surface area contributed by atoms with Gasteiger partial charge in [0.15, 0.2) is 0 Å². The molecule has 4 aromatic rings. The maximum atomic E-state index is 12.9. The molecule has 0 bridgehead atoms. The number of pyridine rings is 1. The van der Waals surface area contributed by atoms with Crippen molar-refractivity contribution in [3.63, 3.8) is 0 Å². The predicted octanol–water partition coefficient (Wildman–Crippen LogP) is 4.04. The van der Waals surface area contributed by atoms with E-state index < -0.39 is 17.0 Å². The molecular formula is C25H22N4O6S. The summed E-state index contributed by atoms with van der Waals surface area (Å²) >= 11 is 1.45. The van der Waals surface area contributed by atoms with E-state index in [0.717, 1.165) is 26.2 Å². The molecule has 184 valence electrons. The van der Waals surface area contributed by atoms with Crippen LogP contribution in [0.15, 0.2) is 73.1 Å². The van der Waals surface area contributed by atoms with Crippen LogP contribution in [0, 0.1) is 10.1 Å². The molecule has 36 heavy (non-hydrogen) atoms. The third-order valence-corrected chi connectivity index (χ3v) is 6.40. The van der Waals surface area contributed by atoms with Crippen LogP contribution in [0.1, 0.15) is 33.0 Å². The Hall–Kier alpha value is -4.35. The quantitative estimate of drug-likeness (QED) is 0.186. The fourth-order valence-corrected chi connectivity index (χ4v) is 4.42. The molecule has 10 nitrogen and oxygen atoms in total. The Morgan fingerprint density at radius 3 is 2.42 bits per heavy atom. The first kappa shape index (κ1) is 24.8. The molecular weight excluding hydrogens is 484 g/mol. The number of aromatic nitrogens is 1. The fraction of sp³-hybridized carbons (Fsp3) is 0.160. The van der Waals surface area contributed by atoms with E-state index in [4.69, 9.17) is 10.5 Å². The Labute approximate surface area is 209 Å². The predicted molar refractivity (Wildman–Crippen MR) is 134 cm³/mol. The Morgan fingerprint density at radius 2 is 1.75 bits per heavy atom. The van der Waals surface area contributed by atoms with Crippen molar-refractivity contribution < 1.29 is 24.3 Å². The van der Waals surface area contributed by atoms with Crippen molar-refractivity contribution in [2.24, 2.45) is 5.73 Å². The van der Waals surface area contributed by atoms with Gasteiger partial charge in [-0.1, -0.05) is 36.4 Å². The van der Waals surface area contributed by atoms with Gasteiger partial charge in [-0.2, -0.15) is 0 Å². The van der Waals surface area contributed by atoms with Crippen LogP contribution in [0.3, 0.4) is 0 Å². The second-order valence-electron chi connectivity index (χ2n) is 7.81. The zero-order valence-corrected chi connectivity index (χ0v) is 19.8. The van der Waals surface area contributed by atoms with Crippen LogP contribution < -0.4 is 11.1 Å². The molecule has 0 unspecified atom stereocenters. The highest BCUT2D eigenvalue weighted by Crippen LogP contribution is 2.30. The molecule has 0 aliphatic rings. The number of nitrogens with two attached hydrogens (primary N) is 1. The number of hydrogen-bond donors (Lipinski definition) is 2. The van der Waals surface area contributed by atoms with Crippen molar-refractivity contribution in [3.05, 3.63) is 105 Å². The summed E-state index contributed by atoms with van der Waals surface area (Å²) in [6.07, 6.45) is 3.46. The number of anilines is 1. The van der Waals surface area contributed by atoms with E-state index in [1.807, 2.05) is 12.1 Å². The molecule has 2 aromatic heterocycles. The average Bonchev–Trinajstić information content (AvgIpc) is 3.29. The minimum atomic E-state index is -0.876. The van der Waals surface area contributed by atoms with Crippen molar-refractivity contribution in [2.75, 3.05) is 11.9 Å². The standard InChI is InChI=1S/C25H22N4O6S/c26-12-21(24(30)28-23-11-20-9-10-27-13-22(20)36-23)18-5-1-16(2-6-18)14-34-25(31)19-7-3-17(4-8-19)15-35-29(32)33/h1-11,13,21H,12,14-15,26H2,(H,28,30)/t21-/m1/s1. The van der Waals surface area contributed by atoms with Gasteiger partial charge in [0.05, 0.1) is 21.2 Å². The van der Waals surface area contributed by atoms with Crippen LogP contribution in [0.5, 0.6) is 0 Å². The van der Waals surface area contributed by atoms with Crippen molar-refractivity contribution >= 4 is 38.3 Å². The lowest BCUT2D eigenvalue weighted by Crippen LogP contribution is -2.27. The Morgan fingerprint density at radius 1 is 1.06 bits per heavy atom. The highest BCUT2D eigenvalue weighted by Gasteiger charge is 2.20. The number of esters is 1. The number of rotatable bonds is 10. The molecule has 0 aliphatic heterocycles. The van der Waals surface area contributed by atoms with Crippen LogP contribution in [-0.2, 0) is 27.6 Å². The first-order valence-electron chi connectivity index (χ1n) is 10.9. The molecule has 1 atom stereocenters. The van der Waals surface area contributed by atoms with Crippen LogP contribution >= 0.6 is 11.3 Å². The van der Waals surface area contributed by atoms with Crippen LogP contribution in [-0.4, -0.2) is 28.5 Å². The number of nitrogens with one attached hydrogen (secondary N) is 1. The van der Waals surface area contributed by atoms with Gasteiger partial charge in [0.1, 0.15) is 13.2 Å². The van der Waals surface area contributed by atoms with Gasteiger partial charge >= 0.3 is 5.97 Å². The molecule has 3 N–H and O–H groups in total. The summed E-state index contributed by atoms with van der Waals surface area (Å²) < 4.78 is 6.33. The van der Waals surface area contributed by atoms with Crippen molar-refractivity contribution in [3.8, 4) is 0 Å². The van der Waals surface area contributed by atoms with Crippen molar-refractivity contribution in [1.29, 1.82) is 0 Å². The first-order chi connectivity index (χ1) is 17.4. The SMILES string of the molecule is NC[C@@H](C(=O)Nc1cc2ccncc2s1)c1ccc(COC(=O)c2ccc(CO[N+](=O)[O-])cc2)cc1. The highest BCUT2D eigenvalue weighted by molar-refractivity contribution is 7.22. The molecule has 0 saturated heterocycles. The average molecular weight is 507 g/mol. The minimum absolute atomic E-state index is 0.0423. The number of carbonyl (C=O) groups is 2. The minimum Gasteiger partial charge on any atom is -0.457 e. The molecule has 0 fully saturated rings. The molecule has 0 aliphatic carbocycles. The lowest BCUT2D eigenvalue weighted by molar-refractivity contribution is -0.763.